The Morgan fingerprint density at radius 2 is 2.44 bits per heavy atom. The van der Waals surface area contributed by atoms with Gasteiger partial charge in [0.15, 0.2) is 5.82 Å². The monoisotopic (exact) mass is 124 g/mol. The van der Waals surface area contributed by atoms with Crippen molar-refractivity contribution in [1.82, 2.24) is 15.0 Å². The zero-order valence-corrected chi connectivity index (χ0v) is 4.99. The van der Waals surface area contributed by atoms with E-state index in [0.717, 1.165) is 0 Å². The highest BCUT2D eigenvalue weighted by molar-refractivity contribution is 5.20. The summed E-state index contributed by atoms with van der Waals surface area (Å²) in [5.41, 5.74) is 5.35. The minimum Gasteiger partial charge on any atom is -0.381 e. The minimum atomic E-state index is 0.516. The molecule has 1 aliphatic carbocycles. The summed E-state index contributed by atoms with van der Waals surface area (Å²) in [6.07, 6.45) is 4.23. The lowest BCUT2D eigenvalue weighted by Gasteiger charge is -1.88. The van der Waals surface area contributed by atoms with Gasteiger partial charge in [-0.1, -0.05) is 5.21 Å². The van der Waals surface area contributed by atoms with E-state index in [0.29, 0.717) is 11.9 Å². The van der Waals surface area contributed by atoms with Crippen LogP contribution in [0.25, 0.3) is 0 Å². The molecule has 2 N–H and O–H groups in total. The first-order chi connectivity index (χ1) is 4.36. The van der Waals surface area contributed by atoms with Crippen LogP contribution in [0, 0.1) is 0 Å². The lowest BCUT2D eigenvalue weighted by atomic mass is 10.7. The average Bonchev–Trinajstić information content (AvgIpc) is 2.58. The lowest BCUT2D eigenvalue weighted by Crippen LogP contribution is -1.93. The third kappa shape index (κ3) is 0.759. The van der Waals surface area contributed by atoms with Gasteiger partial charge in [0, 0.05) is 0 Å². The van der Waals surface area contributed by atoms with Crippen molar-refractivity contribution in [3.8, 4) is 0 Å². The predicted octanol–water partition coefficient (Wildman–Crippen LogP) is 0.195. The Kier molecular flexibility index (Phi) is 0.777. The summed E-state index contributed by atoms with van der Waals surface area (Å²) >= 11 is 0. The Labute approximate surface area is 52.7 Å². The van der Waals surface area contributed by atoms with Crippen LogP contribution in [-0.2, 0) is 0 Å². The van der Waals surface area contributed by atoms with Crippen molar-refractivity contribution in [2.24, 2.45) is 0 Å². The molecule has 0 radical (unpaired) electrons. The highest BCUT2D eigenvalue weighted by Gasteiger charge is 2.24. The molecule has 1 aromatic rings. The van der Waals surface area contributed by atoms with E-state index in [1.165, 1.54) is 12.8 Å². The summed E-state index contributed by atoms with van der Waals surface area (Å²) in [6, 6.07) is 0.592. The molecular weight excluding hydrogens is 116 g/mol. The summed E-state index contributed by atoms with van der Waals surface area (Å²) in [6.45, 7) is 0. The number of aromatic nitrogens is 3. The van der Waals surface area contributed by atoms with Gasteiger partial charge < -0.3 is 5.73 Å². The molecule has 1 aliphatic rings. The van der Waals surface area contributed by atoms with Gasteiger partial charge in [0.05, 0.1) is 12.2 Å². The smallest absolute Gasteiger partial charge is 0.165 e. The molecule has 0 spiro atoms. The fraction of sp³-hybridized carbons (Fsp3) is 0.600. The van der Waals surface area contributed by atoms with Gasteiger partial charge in [-0.15, -0.1) is 5.10 Å². The normalized spacial score (nSPS) is 18.2. The first-order valence-corrected chi connectivity index (χ1v) is 3.03. The van der Waals surface area contributed by atoms with Gasteiger partial charge in [-0.2, -0.15) is 0 Å². The van der Waals surface area contributed by atoms with Crippen LogP contribution in [0.2, 0.25) is 0 Å². The van der Waals surface area contributed by atoms with Gasteiger partial charge in [0.25, 0.3) is 0 Å². The molecule has 0 bridgehead atoms. The first-order valence-electron chi connectivity index (χ1n) is 3.03. The van der Waals surface area contributed by atoms with Crippen LogP contribution < -0.4 is 5.73 Å². The number of nitrogens with zero attached hydrogens (tertiary/aromatic N) is 3. The number of nitrogen functional groups attached to an aromatic ring is 1. The van der Waals surface area contributed by atoms with E-state index in [1.807, 2.05) is 4.68 Å². The van der Waals surface area contributed by atoms with Crippen molar-refractivity contribution in [2.45, 2.75) is 18.9 Å². The molecule has 1 heterocycles. The molecule has 4 heteroatoms. The minimum absolute atomic E-state index is 0.516. The van der Waals surface area contributed by atoms with Crippen molar-refractivity contribution in [1.29, 1.82) is 0 Å². The van der Waals surface area contributed by atoms with E-state index < -0.39 is 0 Å². The van der Waals surface area contributed by atoms with Crippen LogP contribution in [0.3, 0.4) is 0 Å². The molecule has 1 aromatic heterocycles. The maximum Gasteiger partial charge on any atom is 0.165 e. The van der Waals surface area contributed by atoms with Gasteiger partial charge in [0.2, 0.25) is 0 Å². The molecule has 0 atom stereocenters. The molecule has 48 valence electrons. The quantitative estimate of drug-likeness (QED) is 0.581. The molecular formula is C5H8N4. The maximum absolute atomic E-state index is 5.35. The zero-order chi connectivity index (χ0) is 6.27. The van der Waals surface area contributed by atoms with E-state index in [-0.39, 0.29) is 0 Å². The van der Waals surface area contributed by atoms with Crippen molar-refractivity contribution in [3.05, 3.63) is 6.20 Å². The van der Waals surface area contributed by atoms with Crippen LogP contribution >= 0.6 is 0 Å². The Hall–Kier alpha value is -1.06. The zero-order valence-electron chi connectivity index (χ0n) is 4.99. The standard InChI is InChI=1S/C5H8N4/c6-5-3-9(8-7-5)4-1-2-4/h3-4H,1-2,6H2. The van der Waals surface area contributed by atoms with Crippen molar-refractivity contribution < 1.29 is 0 Å². The molecule has 9 heavy (non-hydrogen) atoms. The Morgan fingerprint density at radius 3 is 2.89 bits per heavy atom. The summed E-state index contributed by atoms with van der Waals surface area (Å²) < 4.78 is 1.83. The highest BCUT2D eigenvalue weighted by Crippen LogP contribution is 2.33. The molecule has 0 saturated heterocycles. The topological polar surface area (TPSA) is 56.7 Å². The van der Waals surface area contributed by atoms with E-state index in [1.54, 1.807) is 6.20 Å². The van der Waals surface area contributed by atoms with Crippen molar-refractivity contribution in [3.63, 3.8) is 0 Å². The van der Waals surface area contributed by atoms with Crippen LogP contribution in [0.4, 0.5) is 5.82 Å². The molecule has 4 nitrogen and oxygen atoms in total. The fourth-order valence-electron chi connectivity index (χ4n) is 0.808. The van der Waals surface area contributed by atoms with Crippen molar-refractivity contribution >= 4 is 5.82 Å². The molecule has 1 saturated carbocycles. The van der Waals surface area contributed by atoms with E-state index in [9.17, 15) is 0 Å². The number of hydrogen-bond acceptors (Lipinski definition) is 3. The second-order valence-corrected chi connectivity index (χ2v) is 2.35. The maximum atomic E-state index is 5.35. The van der Waals surface area contributed by atoms with Crippen LogP contribution in [0.1, 0.15) is 18.9 Å². The van der Waals surface area contributed by atoms with E-state index in [2.05, 4.69) is 10.3 Å². The number of rotatable bonds is 1. The van der Waals surface area contributed by atoms with Gasteiger partial charge in [-0.25, -0.2) is 4.68 Å². The number of nitrogens with two attached hydrogens (primary N) is 1. The number of anilines is 1. The largest absolute Gasteiger partial charge is 0.381 e. The summed E-state index contributed by atoms with van der Waals surface area (Å²) in [5.74, 6) is 0.516. The second kappa shape index (κ2) is 1.46. The average molecular weight is 124 g/mol. The molecule has 0 amide bonds. The Bertz CT molecular complexity index is 212. The molecule has 0 aromatic carbocycles. The van der Waals surface area contributed by atoms with Gasteiger partial charge in [-0.3, -0.25) is 0 Å². The molecule has 2 rings (SSSR count). The van der Waals surface area contributed by atoms with Crippen LogP contribution in [0.5, 0.6) is 0 Å². The number of hydrogen-bond donors (Lipinski definition) is 1. The Balaban J connectivity index is 2.28. The third-order valence-electron chi connectivity index (χ3n) is 1.45. The van der Waals surface area contributed by atoms with Crippen LogP contribution in [0.15, 0.2) is 6.20 Å². The van der Waals surface area contributed by atoms with Gasteiger partial charge in [0.1, 0.15) is 0 Å². The second-order valence-electron chi connectivity index (χ2n) is 2.35. The summed E-state index contributed by atoms with van der Waals surface area (Å²) in [4.78, 5) is 0. The molecule has 1 fully saturated rings. The first kappa shape index (κ1) is 4.78. The lowest BCUT2D eigenvalue weighted by molar-refractivity contribution is 0.610. The summed E-state index contributed by atoms with van der Waals surface area (Å²) in [7, 11) is 0. The van der Waals surface area contributed by atoms with E-state index >= 15 is 0 Å². The van der Waals surface area contributed by atoms with Crippen LogP contribution in [-0.4, -0.2) is 15.0 Å². The van der Waals surface area contributed by atoms with Gasteiger partial charge >= 0.3 is 0 Å². The molecule has 0 unspecified atom stereocenters. The van der Waals surface area contributed by atoms with E-state index in [4.69, 9.17) is 5.73 Å². The Morgan fingerprint density at radius 1 is 1.67 bits per heavy atom. The molecule has 0 aliphatic heterocycles. The van der Waals surface area contributed by atoms with Crippen molar-refractivity contribution in [2.75, 3.05) is 5.73 Å². The third-order valence-corrected chi connectivity index (χ3v) is 1.45. The SMILES string of the molecule is Nc1cn(C2CC2)nn1. The summed E-state index contributed by atoms with van der Waals surface area (Å²) in [5, 5.41) is 7.49. The predicted molar refractivity (Wildman–Crippen MR) is 32.7 cm³/mol. The highest BCUT2D eigenvalue weighted by atomic mass is 15.5. The van der Waals surface area contributed by atoms with Gasteiger partial charge in [-0.05, 0) is 12.8 Å². The fourth-order valence-corrected chi connectivity index (χ4v) is 0.808.